The van der Waals surface area contributed by atoms with Crippen molar-refractivity contribution in [2.75, 3.05) is 12.3 Å². The number of carbonyl (C=O) groups excluding carboxylic acids is 2. The fraction of sp³-hybridized carbons (Fsp3) is 0.471. The summed E-state index contributed by atoms with van der Waals surface area (Å²) in [6, 6.07) is 13.9. The van der Waals surface area contributed by atoms with Crippen LogP contribution in [-0.4, -0.2) is 58.0 Å². The molecule has 10 atom stereocenters. The van der Waals surface area contributed by atoms with Gasteiger partial charge in [0.1, 0.15) is 24.3 Å². The second-order valence-corrected chi connectivity index (χ2v) is 13.2. The van der Waals surface area contributed by atoms with E-state index in [1.807, 2.05) is 0 Å². The lowest BCUT2D eigenvalue weighted by molar-refractivity contribution is -0.235. The predicted molar refractivity (Wildman–Crippen MR) is 155 cm³/mol. The molecule has 5 aliphatic rings. The summed E-state index contributed by atoms with van der Waals surface area (Å²) in [5.74, 6) is -1.56. The molecule has 10 heteroatoms. The van der Waals surface area contributed by atoms with E-state index in [1.165, 1.54) is 19.1 Å². The Kier molecular flexibility index (Phi) is 6.51. The smallest absolute Gasteiger partial charge is 0.193 e. The van der Waals surface area contributed by atoms with Gasteiger partial charge in [0.25, 0.3) is 0 Å². The number of alkyl halides is 2. The van der Waals surface area contributed by atoms with Crippen molar-refractivity contribution in [1.29, 1.82) is 0 Å². The first-order valence-corrected chi connectivity index (χ1v) is 14.9. The molecule has 0 aromatic heterocycles. The average Bonchev–Trinajstić information content (AvgIpc) is 3.49. The maximum Gasteiger partial charge on any atom is 0.193 e. The zero-order chi connectivity index (χ0) is 31.2. The number of anilines is 1. The van der Waals surface area contributed by atoms with Crippen molar-refractivity contribution in [1.82, 2.24) is 0 Å². The van der Waals surface area contributed by atoms with E-state index in [4.69, 9.17) is 19.9 Å². The first-order valence-electron chi connectivity index (χ1n) is 14.9. The molecule has 2 aromatic carbocycles. The molecule has 232 valence electrons. The summed E-state index contributed by atoms with van der Waals surface area (Å²) < 4.78 is 52.1. The highest BCUT2D eigenvalue weighted by Gasteiger charge is 2.80. The summed E-state index contributed by atoms with van der Waals surface area (Å²) in [5, 5.41) is 21.8. The SMILES string of the molecule is C[C@]12C=CC(=O)C=C1[C@@H](F)C[C@H]1[C@@H]3C[C@H]4O[C@@H](c5ccc(Oc6cccc(N)c6)cc5)O[C@@]4(C(=O)CO)[C@@]3(C)C[C@H](O)[C@@]12F. The molecule has 4 fully saturated rings. The number of hydrogen-bond donors (Lipinski definition) is 3. The van der Waals surface area contributed by atoms with E-state index in [0.717, 1.165) is 6.08 Å². The second kappa shape index (κ2) is 9.78. The minimum atomic E-state index is -2.30. The number of benzene rings is 2. The third-order valence-corrected chi connectivity index (χ3v) is 11.2. The first-order chi connectivity index (χ1) is 20.9. The maximum atomic E-state index is 17.5. The molecule has 3 saturated carbocycles. The van der Waals surface area contributed by atoms with Crippen LogP contribution >= 0.6 is 0 Å². The van der Waals surface area contributed by atoms with Gasteiger partial charge in [-0.15, -0.1) is 0 Å². The Labute approximate surface area is 253 Å². The monoisotopic (exact) mass is 607 g/mol. The molecule has 0 amide bonds. The highest BCUT2D eigenvalue weighted by atomic mass is 19.1. The number of rotatable bonds is 5. The number of fused-ring (bicyclic) bond motifs is 7. The lowest BCUT2D eigenvalue weighted by Crippen LogP contribution is -2.70. The van der Waals surface area contributed by atoms with Gasteiger partial charge in [-0.05, 0) is 74.1 Å². The predicted octanol–water partition coefficient (Wildman–Crippen LogP) is 4.70. The number of halogens is 2. The molecule has 7 rings (SSSR count). The van der Waals surface area contributed by atoms with Crippen molar-refractivity contribution in [3.8, 4) is 11.5 Å². The van der Waals surface area contributed by atoms with E-state index < -0.39 is 76.8 Å². The Bertz CT molecular complexity index is 1590. The van der Waals surface area contributed by atoms with Crippen LogP contribution in [0, 0.1) is 22.7 Å². The molecule has 4 aliphatic carbocycles. The number of hydrogen-bond acceptors (Lipinski definition) is 8. The largest absolute Gasteiger partial charge is 0.457 e. The molecule has 1 heterocycles. The molecule has 0 unspecified atom stereocenters. The molecule has 4 N–H and O–H groups in total. The molecule has 1 aliphatic heterocycles. The Morgan fingerprint density at radius 3 is 2.57 bits per heavy atom. The lowest BCUT2D eigenvalue weighted by atomic mass is 9.44. The molecule has 8 nitrogen and oxygen atoms in total. The molecule has 0 spiro atoms. The lowest BCUT2D eigenvalue weighted by Gasteiger charge is -2.63. The average molecular weight is 608 g/mol. The number of ketones is 2. The van der Waals surface area contributed by atoms with Crippen LogP contribution in [0.25, 0.3) is 0 Å². The van der Waals surface area contributed by atoms with E-state index in [1.54, 1.807) is 55.5 Å². The minimum Gasteiger partial charge on any atom is -0.457 e. The first kappa shape index (κ1) is 29.3. The Morgan fingerprint density at radius 2 is 1.86 bits per heavy atom. The fourth-order valence-electron chi connectivity index (χ4n) is 9.12. The summed E-state index contributed by atoms with van der Waals surface area (Å²) in [6.45, 7) is 2.44. The van der Waals surface area contributed by atoms with E-state index in [0.29, 0.717) is 22.7 Å². The maximum absolute atomic E-state index is 17.5. The van der Waals surface area contributed by atoms with E-state index in [2.05, 4.69) is 0 Å². The molecular formula is C34H35F2NO7. The summed E-state index contributed by atoms with van der Waals surface area (Å²) in [6.07, 6.45) is -1.59. The zero-order valence-corrected chi connectivity index (χ0v) is 24.4. The Morgan fingerprint density at radius 1 is 1.11 bits per heavy atom. The number of aliphatic hydroxyl groups excluding tert-OH is 2. The van der Waals surface area contributed by atoms with Gasteiger partial charge in [-0.3, -0.25) is 9.59 Å². The number of ether oxygens (including phenoxy) is 3. The molecule has 0 radical (unpaired) electrons. The molecule has 1 saturated heterocycles. The zero-order valence-electron chi connectivity index (χ0n) is 24.4. The minimum absolute atomic E-state index is 0.0291. The van der Waals surface area contributed by atoms with Crippen LogP contribution in [-0.2, 0) is 19.1 Å². The standard InChI is InChI=1S/C34H35F2NO7/c1-31-11-10-20(39)13-25(31)26(35)14-24-23-15-29-34(28(41)17-38,32(23,2)16-27(40)33(24,31)36)44-30(43-29)18-6-8-21(9-7-18)42-22-5-3-4-19(37)12-22/h3-13,23-24,26-27,29-30,38,40H,14-17,37H2,1-2H3/t23-,24-,26-,27-,29+,30+,31-,32-,33-,34+/m0/s1. The molecule has 0 bridgehead atoms. The van der Waals surface area contributed by atoms with Crippen molar-refractivity contribution in [2.45, 2.75) is 69.0 Å². The molecule has 2 aromatic rings. The van der Waals surface area contributed by atoms with Crippen LogP contribution in [0.1, 0.15) is 45.0 Å². The Hall–Kier alpha value is -3.44. The highest BCUT2D eigenvalue weighted by molar-refractivity contribution is 6.01. The van der Waals surface area contributed by atoms with Gasteiger partial charge in [0.2, 0.25) is 0 Å². The van der Waals surface area contributed by atoms with Gasteiger partial charge in [0, 0.05) is 34.1 Å². The van der Waals surface area contributed by atoms with Gasteiger partial charge in [-0.1, -0.05) is 31.2 Å². The van der Waals surface area contributed by atoms with Gasteiger partial charge in [0.15, 0.2) is 29.1 Å². The summed E-state index contributed by atoms with van der Waals surface area (Å²) in [7, 11) is 0. The van der Waals surface area contributed by atoms with Crippen molar-refractivity contribution in [2.24, 2.45) is 22.7 Å². The number of carbonyl (C=O) groups is 2. The van der Waals surface area contributed by atoms with Crippen LogP contribution < -0.4 is 10.5 Å². The van der Waals surface area contributed by atoms with Gasteiger partial charge in [-0.2, -0.15) is 0 Å². The number of Topliss-reactive ketones (excluding diaryl/α,β-unsaturated/α-hetero) is 1. The topological polar surface area (TPSA) is 128 Å². The molecule has 44 heavy (non-hydrogen) atoms. The fourth-order valence-corrected chi connectivity index (χ4v) is 9.12. The Balaban J connectivity index is 1.21. The van der Waals surface area contributed by atoms with Crippen LogP contribution in [0.4, 0.5) is 14.5 Å². The number of aliphatic hydroxyl groups is 2. The van der Waals surface area contributed by atoms with Crippen molar-refractivity contribution < 1.29 is 42.8 Å². The van der Waals surface area contributed by atoms with Crippen LogP contribution in [0.5, 0.6) is 11.5 Å². The third kappa shape index (κ3) is 3.74. The van der Waals surface area contributed by atoms with Crippen LogP contribution in [0.15, 0.2) is 72.3 Å². The summed E-state index contributed by atoms with van der Waals surface area (Å²) in [5.41, 5.74) is 0.297. The quantitative estimate of drug-likeness (QED) is 0.418. The summed E-state index contributed by atoms with van der Waals surface area (Å²) in [4.78, 5) is 25.8. The van der Waals surface area contributed by atoms with Crippen molar-refractivity contribution in [3.63, 3.8) is 0 Å². The molecular weight excluding hydrogens is 572 g/mol. The van der Waals surface area contributed by atoms with Gasteiger partial charge in [0.05, 0.1) is 12.2 Å². The number of nitrogen functional groups attached to an aromatic ring is 1. The highest BCUT2D eigenvalue weighted by Crippen LogP contribution is 2.72. The second-order valence-electron chi connectivity index (χ2n) is 13.2. The number of nitrogens with two attached hydrogens (primary N) is 1. The van der Waals surface area contributed by atoms with E-state index >= 15 is 8.78 Å². The summed E-state index contributed by atoms with van der Waals surface area (Å²) >= 11 is 0. The van der Waals surface area contributed by atoms with Gasteiger partial charge >= 0.3 is 0 Å². The van der Waals surface area contributed by atoms with E-state index in [-0.39, 0.29) is 24.8 Å². The number of allylic oxidation sites excluding steroid dienone is 4. The van der Waals surface area contributed by atoms with Gasteiger partial charge in [-0.25, -0.2) is 8.78 Å². The van der Waals surface area contributed by atoms with Crippen LogP contribution in [0.3, 0.4) is 0 Å². The van der Waals surface area contributed by atoms with Crippen molar-refractivity contribution >= 4 is 17.3 Å². The van der Waals surface area contributed by atoms with Crippen LogP contribution in [0.2, 0.25) is 0 Å². The normalized spacial score (nSPS) is 42.1. The van der Waals surface area contributed by atoms with E-state index in [9.17, 15) is 19.8 Å². The third-order valence-electron chi connectivity index (χ3n) is 11.2. The van der Waals surface area contributed by atoms with Gasteiger partial charge < -0.3 is 30.2 Å². The van der Waals surface area contributed by atoms with Crippen molar-refractivity contribution in [3.05, 3.63) is 77.9 Å².